The summed E-state index contributed by atoms with van der Waals surface area (Å²) in [5.74, 6) is 0.532. The number of benzene rings is 1. The molecule has 2 N–H and O–H groups in total. The van der Waals surface area contributed by atoms with E-state index in [9.17, 15) is 16.8 Å². The molecule has 0 aliphatic rings. The van der Waals surface area contributed by atoms with Crippen molar-refractivity contribution in [2.24, 2.45) is 5.92 Å². The van der Waals surface area contributed by atoms with Crippen LogP contribution in [0.3, 0.4) is 0 Å². The van der Waals surface area contributed by atoms with Gasteiger partial charge in [0.2, 0.25) is 20.0 Å². The standard InChI is InChI=1S/C15H26N2O4S2/c1-4-22(18,19)16-10-5-11-17-23(20,21)15-8-6-14(7-9-15)12-13(2)3/h6-9,13,16-17H,4-5,10-12H2,1-3H3. The van der Waals surface area contributed by atoms with Gasteiger partial charge < -0.3 is 0 Å². The summed E-state index contributed by atoms with van der Waals surface area (Å²) < 4.78 is 51.6. The molecule has 0 saturated heterocycles. The molecule has 23 heavy (non-hydrogen) atoms. The Hall–Kier alpha value is -0.960. The molecular formula is C15H26N2O4S2. The van der Waals surface area contributed by atoms with E-state index < -0.39 is 20.0 Å². The number of hydrogen-bond donors (Lipinski definition) is 2. The average molecular weight is 363 g/mol. The molecule has 8 heteroatoms. The molecule has 0 aromatic heterocycles. The predicted octanol–water partition coefficient (Wildman–Crippen LogP) is 1.49. The van der Waals surface area contributed by atoms with Gasteiger partial charge in [0.1, 0.15) is 0 Å². The van der Waals surface area contributed by atoms with Crippen molar-refractivity contribution < 1.29 is 16.8 Å². The zero-order valence-corrected chi connectivity index (χ0v) is 15.5. The first-order valence-corrected chi connectivity index (χ1v) is 10.9. The zero-order chi connectivity index (χ0) is 17.5. The Kier molecular flexibility index (Phi) is 7.66. The number of nitrogens with one attached hydrogen (secondary N) is 2. The largest absolute Gasteiger partial charge is 0.240 e. The molecule has 0 saturated carbocycles. The maximum Gasteiger partial charge on any atom is 0.240 e. The van der Waals surface area contributed by atoms with Crippen molar-refractivity contribution in [3.63, 3.8) is 0 Å². The predicted molar refractivity (Wildman–Crippen MR) is 92.3 cm³/mol. The highest BCUT2D eigenvalue weighted by Crippen LogP contribution is 2.13. The third-order valence-corrected chi connectivity index (χ3v) is 6.11. The summed E-state index contributed by atoms with van der Waals surface area (Å²) in [5.41, 5.74) is 1.10. The Morgan fingerprint density at radius 2 is 1.52 bits per heavy atom. The average Bonchev–Trinajstić information content (AvgIpc) is 2.46. The highest BCUT2D eigenvalue weighted by molar-refractivity contribution is 7.89. The molecule has 0 radical (unpaired) electrons. The molecule has 0 unspecified atom stereocenters. The summed E-state index contributed by atoms with van der Waals surface area (Å²) >= 11 is 0. The van der Waals surface area contributed by atoms with Crippen molar-refractivity contribution in [3.05, 3.63) is 29.8 Å². The van der Waals surface area contributed by atoms with Gasteiger partial charge in [-0.05, 0) is 43.4 Å². The second-order valence-electron chi connectivity index (χ2n) is 5.79. The van der Waals surface area contributed by atoms with Crippen molar-refractivity contribution in [2.45, 2.75) is 38.5 Å². The molecule has 0 fully saturated rings. The van der Waals surface area contributed by atoms with Crippen LogP contribution in [0.25, 0.3) is 0 Å². The summed E-state index contributed by atoms with van der Waals surface area (Å²) in [5, 5.41) is 0. The van der Waals surface area contributed by atoms with Crippen LogP contribution in [-0.2, 0) is 26.5 Å². The molecule has 0 atom stereocenters. The molecule has 1 aromatic carbocycles. The Balaban J connectivity index is 2.49. The first-order valence-electron chi connectivity index (χ1n) is 7.72. The summed E-state index contributed by atoms with van der Waals surface area (Å²) in [6.07, 6.45) is 1.30. The van der Waals surface area contributed by atoms with Crippen LogP contribution in [0.15, 0.2) is 29.2 Å². The number of sulfonamides is 2. The fraction of sp³-hybridized carbons (Fsp3) is 0.600. The van der Waals surface area contributed by atoms with Crippen LogP contribution >= 0.6 is 0 Å². The Bertz CT molecular complexity index is 681. The lowest BCUT2D eigenvalue weighted by molar-refractivity contribution is 0.573. The third kappa shape index (κ3) is 7.43. The second-order valence-corrected chi connectivity index (χ2v) is 9.65. The maximum absolute atomic E-state index is 12.1. The fourth-order valence-electron chi connectivity index (χ4n) is 1.98. The molecule has 0 aliphatic heterocycles. The van der Waals surface area contributed by atoms with Gasteiger partial charge in [0.15, 0.2) is 0 Å². The molecular weight excluding hydrogens is 336 g/mol. The topological polar surface area (TPSA) is 92.3 Å². The maximum atomic E-state index is 12.1. The minimum atomic E-state index is -3.55. The van der Waals surface area contributed by atoms with E-state index in [0.717, 1.165) is 12.0 Å². The first kappa shape index (κ1) is 20.1. The summed E-state index contributed by atoms with van der Waals surface area (Å²) in [6, 6.07) is 6.84. The van der Waals surface area contributed by atoms with Crippen LogP contribution in [0.2, 0.25) is 0 Å². The molecule has 0 amide bonds. The van der Waals surface area contributed by atoms with Crippen molar-refractivity contribution in [1.29, 1.82) is 0 Å². The van der Waals surface area contributed by atoms with Crippen LogP contribution in [0, 0.1) is 5.92 Å². The van der Waals surface area contributed by atoms with Gasteiger partial charge in [-0.15, -0.1) is 0 Å². The van der Waals surface area contributed by atoms with Gasteiger partial charge in [-0.3, -0.25) is 0 Å². The summed E-state index contributed by atoms with van der Waals surface area (Å²) in [4.78, 5) is 0.221. The van der Waals surface area contributed by atoms with E-state index in [1.54, 1.807) is 19.1 Å². The lowest BCUT2D eigenvalue weighted by Gasteiger charge is -2.09. The lowest BCUT2D eigenvalue weighted by atomic mass is 10.0. The minimum Gasteiger partial charge on any atom is -0.215 e. The second kappa shape index (κ2) is 8.77. The van der Waals surface area contributed by atoms with Gasteiger partial charge in [0, 0.05) is 13.1 Å². The molecule has 0 heterocycles. The third-order valence-electron chi connectivity index (χ3n) is 3.23. The lowest BCUT2D eigenvalue weighted by Crippen LogP contribution is -2.30. The Labute approximate surface area is 139 Å². The van der Waals surface area contributed by atoms with E-state index in [1.807, 2.05) is 12.1 Å². The van der Waals surface area contributed by atoms with E-state index in [-0.39, 0.29) is 23.7 Å². The van der Waals surface area contributed by atoms with E-state index in [1.165, 1.54) is 0 Å². The number of hydrogen-bond acceptors (Lipinski definition) is 4. The smallest absolute Gasteiger partial charge is 0.215 e. The van der Waals surface area contributed by atoms with Gasteiger partial charge in [0.25, 0.3) is 0 Å². The van der Waals surface area contributed by atoms with E-state index in [0.29, 0.717) is 12.3 Å². The van der Waals surface area contributed by atoms with Crippen molar-refractivity contribution in [3.8, 4) is 0 Å². The van der Waals surface area contributed by atoms with Crippen molar-refractivity contribution >= 4 is 20.0 Å². The van der Waals surface area contributed by atoms with Crippen molar-refractivity contribution in [1.82, 2.24) is 9.44 Å². The molecule has 0 bridgehead atoms. The van der Waals surface area contributed by atoms with Crippen LogP contribution in [0.5, 0.6) is 0 Å². The van der Waals surface area contributed by atoms with Gasteiger partial charge in [-0.25, -0.2) is 26.3 Å². The Morgan fingerprint density at radius 1 is 0.957 bits per heavy atom. The minimum absolute atomic E-state index is 0.0153. The van der Waals surface area contributed by atoms with Gasteiger partial charge in [0.05, 0.1) is 10.6 Å². The highest BCUT2D eigenvalue weighted by atomic mass is 32.2. The molecule has 1 aromatic rings. The van der Waals surface area contributed by atoms with Crippen LogP contribution in [-0.4, -0.2) is 35.7 Å². The monoisotopic (exact) mass is 362 g/mol. The fourth-order valence-corrected chi connectivity index (χ4v) is 3.72. The molecule has 0 spiro atoms. The number of rotatable bonds is 10. The SMILES string of the molecule is CCS(=O)(=O)NCCCNS(=O)(=O)c1ccc(CC(C)C)cc1. The van der Waals surface area contributed by atoms with Crippen LogP contribution in [0.1, 0.15) is 32.8 Å². The quantitative estimate of drug-likeness (QED) is 0.617. The summed E-state index contributed by atoms with van der Waals surface area (Å²) in [6.45, 7) is 6.17. The molecule has 6 nitrogen and oxygen atoms in total. The Morgan fingerprint density at radius 3 is 2.04 bits per heavy atom. The van der Waals surface area contributed by atoms with Gasteiger partial charge >= 0.3 is 0 Å². The first-order chi connectivity index (χ1) is 10.7. The molecule has 0 aliphatic carbocycles. The summed E-state index contributed by atoms with van der Waals surface area (Å²) in [7, 11) is -6.78. The van der Waals surface area contributed by atoms with Gasteiger partial charge in [-0.2, -0.15) is 0 Å². The molecule has 1 rings (SSSR count). The normalized spacial score (nSPS) is 12.7. The molecule has 132 valence electrons. The van der Waals surface area contributed by atoms with Crippen LogP contribution < -0.4 is 9.44 Å². The van der Waals surface area contributed by atoms with Crippen molar-refractivity contribution in [2.75, 3.05) is 18.8 Å². The van der Waals surface area contributed by atoms with Gasteiger partial charge in [-0.1, -0.05) is 26.0 Å². The van der Waals surface area contributed by atoms with E-state index >= 15 is 0 Å². The van der Waals surface area contributed by atoms with E-state index in [2.05, 4.69) is 23.3 Å². The van der Waals surface area contributed by atoms with Crippen LogP contribution in [0.4, 0.5) is 0 Å². The highest BCUT2D eigenvalue weighted by Gasteiger charge is 2.13. The zero-order valence-electron chi connectivity index (χ0n) is 13.9. The van der Waals surface area contributed by atoms with E-state index in [4.69, 9.17) is 0 Å².